The van der Waals surface area contributed by atoms with Crippen LogP contribution in [0.5, 0.6) is 11.5 Å². The average Bonchev–Trinajstić information content (AvgIpc) is 2.39. The summed E-state index contributed by atoms with van der Waals surface area (Å²) in [5.74, 6) is -1.76. The molecule has 0 spiro atoms. The third kappa shape index (κ3) is 3.16. The van der Waals surface area contributed by atoms with E-state index in [2.05, 4.69) is 0 Å². The molecule has 0 aromatic heterocycles. The molecule has 1 aromatic rings. The number of aldehydes is 1. The molecule has 0 saturated carbocycles. The van der Waals surface area contributed by atoms with E-state index in [0.717, 1.165) is 6.07 Å². The summed E-state index contributed by atoms with van der Waals surface area (Å²) in [6, 6.07) is 1.05. The van der Waals surface area contributed by atoms with E-state index in [1.54, 1.807) is 0 Å². The Morgan fingerprint density at radius 3 is 2.58 bits per heavy atom. The second kappa shape index (κ2) is 6.64. The van der Waals surface area contributed by atoms with Crippen LogP contribution in [0.2, 0.25) is 0 Å². The summed E-state index contributed by atoms with van der Waals surface area (Å²) in [6.45, 7) is 0.160. The number of nitro groups is 1. The van der Waals surface area contributed by atoms with Crippen molar-refractivity contribution in [1.29, 1.82) is 0 Å². The summed E-state index contributed by atoms with van der Waals surface area (Å²) in [6.07, 6.45) is 0.183. The van der Waals surface area contributed by atoms with Gasteiger partial charge in [0.15, 0.2) is 12.0 Å². The summed E-state index contributed by atoms with van der Waals surface area (Å²) < 4.78 is 28.6. The Bertz CT molecular complexity index is 491. The van der Waals surface area contributed by atoms with Gasteiger partial charge in [0.25, 0.3) is 0 Å². The molecule has 0 unspecified atom stereocenters. The van der Waals surface area contributed by atoms with Crippen LogP contribution in [-0.2, 0) is 4.74 Å². The Balaban J connectivity index is 3.30. The summed E-state index contributed by atoms with van der Waals surface area (Å²) in [4.78, 5) is 20.5. The van der Waals surface area contributed by atoms with E-state index in [1.165, 1.54) is 14.2 Å². The molecular weight excluding hydrogens is 261 g/mol. The number of nitrogens with zero attached hydrogens (tertiary/aromatic N) is 1. The minimum Gasteiger partial charge on any atom is -0.493 e. The topological polar surface area (TPSA) is 87.9 Å². The van der Waals surface area contributed by atoms with Gasteiger partial charge in [-0.1, -0.05) is 0 Å². The number of halogens is 1. The molecule has 0 aliphatic rings. The number of hydrogen-bond acceptors (Lipinski definition) is 6. The van der Waals surface area contributed by atoms with Gasteiger partial charge in [-0.3, -0.25) is 14.9 Å². The molecule has 19 heavy (non-hydrogen) atoms. The Labute approximate surface area is 108 Å². The maximum Gasteiger partial charge on any atom is 0.319 e. The van der Waals surface area contributed by atoms with Gasteiger partial charge in [0.1, 0.15) is 6.61 Å². The third-order valence-corrected chi connectivity index (χ3v) is 2.25. The monoisotopic (exact) mass is 273 g/mol. The SMILES string of the molecule is COCCOc1c(OC)cc(C=O)c([N+](=O)[O-])c1F. The van der Waals surface area contributed by atoms with Gasteiger partial charge in [-0.2, -0.15) is 4.39 Å². The highest BCUT2D eigenvalue weighted by Crippen LogP contribution is 2.38. The molecule has 0 heterocycles. The van der Waals surface area contributed by atoms with Crippen molar-refractivity contribution < 1.29 is 28.3 Å². The van der Waals surface area contributed by atoms with Crippen molar-refractivity contribution >= 4 is 12.0 Å². The standard InChI is InChI=1S/C11H12FNO6/c1-17-3-4-19-11-8(18-2)5-7(6-14)10(9(11)12)13(15)16/h5-6H,3-4H2,1-2H3. The van der Waals surface area contributed by atoms with Crippen LogP contribution in [0.1, 0.15) is 10.4 Å². The van der Waals surface area contributed by atoms with Crippen LogP contribution in [0.25, 0.3) is 0 Å². The quantitative estimate of drug-likeness (QED) is 0.324. The van der Waals surface area contributed by atoms with Gasteiger partial charge < -0.3 is 14.2 Å². The highest BCUT2D eigenvalue weighted by Gasteiger charge is 2.28. The highest BCUT2D eigenvalue weighted by atomic mass is 19.1. The molecule has 8 heteroatoms. The molecule has 0 atom stereocenters. The van der Waals surface area contributed by atoms with Crippen LogP contribution in [0.4, 0.5) is 10.1 Å². The molecule has 0 radical (unpaired) electrons. The molecule has 0 aliphatic heterocycles. The number of carbonyl (C=O) groups excluding carboxylic acids is 1. The second-order valence-corrected chi connectivity index (χ2v) is 3.38. The lowest BCUT2D eigenvalue weighted by molar-refractivity contribution is -0.387. The third-order valence-electron chi connectivity index (χ3n) is 2.25. The van der Waals surface area contributed by atoms with Crippen molar-refractivity contribution in [3.05, 3.63) is 27.6 Å². The maximum absolute atomic E-state index is 14.0. The molecular formula is C11H12FNO6. The van der Waals surface area contributed by atoms with E-state index in [-0.39, 0.29) is 25.2 Å². The number of benzene rings is 1. The first-order chi connectivity index (χ1) is 9.06. The smallest absolute Gasteiger partial charge is 0.319 e. The largest absolute Gasteiger partial charge is 0.493 e. The zero-order valence-electron chi connectivity index (χ0n) is 10.3. The van der Waals surface area contributed by atoms with Crippen molar-refractivity contribution in [1.82, 2.24) is 0 Å². The zero-order chi connectivity index (χ0) is 14.4. The van der Waals surface area contributed by atoms with E-state index < -0.39 is 27.7 Å². The van der Waals surface area contributed by atoms with E-state index >= 15 is 0 Å². The first-order valence-electron chi connectivity index (χ1n) is 5.18. The average molecular weight is 273 g/mol. The van der Waals surface area contributed by atoms with Gasteiger partial charge in [-0.15, -0.1) is 0 Å². The van der Waals surface area contributed by atoms with Gasteiger partial charge in [0.05, 0.1) is 24.2 Å². The fourth-order valence-corrected chi connectivity index (χ4v) is 1.41. The minimum absolute atomic E-state index is 0.0125. The van der Waals surface area contributed by atoms with Crippen LogP contribution in [-0.4, -0.2) is 38.6 Å². The predicted molar refractivity (Wildman–Crippen MR) is 62.4 cm³/mol. The van der Waals surface area contributed by atoms with Crippen LogP contribution in [0.15, 0.2) is 6.07 Å². The molecule has 0 bridgehead atoms. The lowest BCUT2D eigenvalue weighted by Crippen LogP contribution is -2.09. The predicted octanol–water partition coefficient (Wildman–Crippen LogP) is 1.58. The molecule has 0 N–H and O–H groups in total. The normalized spacial score (nSPS) is 10.1. The fourth-order valence-electron chi connectivity index (χ4n) is 1.41. The lowest BCUT2D eigenvalue weighted by atomic mass is 10.1. The first kappa shape index (κ1) is 14.8. The van der Waals surface area contributed by atoms with Crippen molar-refractivity contribution in [2.45, 2.75) is 0 Å². The first-order valence-corrected chi connectivity index (χ1v) is 5.18. The summed E-state index contributed by atoms with van der Waals surface area (Å²) >= 11 is 0. The van der Waals surface area contributed by atoms with Gasteiger partial charge >= 0.3 is 5.69 Å². The van der Waals surface area contributed by atoms with E-state index in [4.69, 9.17) is 14.2 Å². The number of nitro benzene ring substituents is 1. The number of ether oxygens (including phenoxy) is 3. The molecule has 7 nitrogen and oxygen atoms in total. The van der Waals surface area contributed by atoms with Gasteiger partial charge in [0.2, 0.25) is 11.6 Å². The second-order valence-electron chi connectivity index (χ2n) is 3.38. The lowest BCUT2D eigenvalue weighted by Gasteiger charge is -2.12. The summed E-state index contributed by atoms with van der Waals surface area (Å²) in [5.41, 5.74) is -1.36. The van der Waals surface area contributed by atoms with Crippen molar-refractivity contribution in [3.63, 3.8) is 0 Å². The summed E-state index contributed by atoms with van der Waals surface area (Å²) in [5, 5.41) is 10.8. The summed E-state index contributed by atoms with van der Waals surface area (Å²) in [7, 11) is 2.66. The van der Waals surface area contributed by atoms with Crippen molar-refractivity contribution in [3.8, 4) is 11.5 Å². The van der Waals surface area contributed by atoms with Crippen LogP contribution in [0.3, 0.4) is 0 Å². The van der Waals surface area contributed by atoms with Gasteiger partial charge in [0, 0.05) is 13.2 Å². The zero-order valence-corrected chi connectivity index (χ0v) is 10.3. The Kier molecular flexibility index (Phi) is 5.19. The Morgan fingerprint density at radius 1 is 1.42 bits per heavy atom. The molecule has 0 aliphatic carbocycles. The van der Waals surface area contributed by atoms with Crippen molar-refractivity contribution in [2.75, 3.05) is 27.4 Å². The molecule has 0 fully saturated rings. The van der Waals surface area contributed by atoms with Crippen LogP contribution in [0, 0.1) is 15.9 Å². The molecule has 1 rings (SSSR count). The Morgan fingerprint density at radius 2 is 2.11 bits per heavy atom. The molecule has 0 amide bonds. The number of methoxy groups -OCH3 is 2. The maximum atomic E-state index is 14.0. The molecule has 1 aromatic carbocycles. The molecule has 0 saturated heterocycles. The number of rotatable bonds is 7. The fraction of sp³-hybridized carbons (Fsp3) is 0.364. The van der Waals surface area contributed by atoms with E-state index in [9.17, 15) is 19.3 Å². The number of hydrogen-bond donors (Lipinski definition) is 0. The highest BCUT2D eigenvalue weighted by molar-refractivity contribution is 5.83. The van der Waals surface area contributed by atoms with Gasteiger partial charge in [-0.05, 0) is 0 Å². The van der Waals surface area contributed by atoms with E-state index in [1.807, 2.05) is 0 Å². The minimum atomic E-state index is -1.25. The Hall–Kier alpha value is -2.22. The van der Waals surface area contributed by atoms with Crippen LogP contribution < -0.4 is 9.47 Å². The van der Waals surface area contributed by atoms with Gasteiger partial charge in [-0.25, -0.2) is 0 Å². The van der Waals surface area contributed by atoms with E-state index in [0.29, 0.717) is 0 Å². The van der Waals surface area contributed by atoms with Crippen molar-refractivity contribution in [2.24, 2.45) is 0 Å². The molecule has 104 valence electrons. The number of carbonyl (C=O) groups is 1. The van der Waals surface area contributed by atoms with Crippen LogP contribution >= 0.6 is 0 Å².